The van der Waals surface area contributed by atoms with Crippen molar-refractivity contribution < 1.29 is 19.1 Å². The number of halogens is 1. The Kier molecular flexibility index (Phi) is 8.10. The Morgan fingerprint density at radius 3 is 2.66 bits per heavy atom. The molecule has 4 heterocycles. The molecule has 0 aliphatic heterocycles. The lowest BCUT2D eigenvalue weighted by Gasteiger charge is -2.30. The molecule has 0 aliphatic rings. The normalized spacial score (nSPS) is 12.1. The maximum absolute atomic E-state index is 14.9. The van der Waals surface area contributed by atoms with Gasteiger partial charge in [0.05, 0.1) is 17.5 Å². The molecule has 4 aromatic heterocycles. The van der Waals surface area contributed by atoms with Gasteiger partial charge >= 0.3 is 0 Å². The Morgan fingerprint density at radius 2 is 2.05 bits per heavy atom. The summed E-state index contributed by atoms with van der Waals surface area (Å²) in [6.45, 7) is 5.31. The first-order chi connectivity index (χ1) is 18.3. The summed E-state index contributed by atoms with van der Waals surface area (Å²) >= 11 is 0. The standard InChI is InChI=1S/C26H31FN8O3/c1-4-10-34(21(38)14-36)17(5-2)6-7-20-22(15(3)37)24(28)35-26(33-20)18(13-32-35)16-11-19(27)23(31-12-16)25-29-8-9-30-25/h8-9,11-13,17,36H,4-7,10,14,28H2,1-3H3,(H,29,30)/t17-/m1/s1. The number of aliphatic hydroxyl groups excluding tert-OH is 1. The highest BCUT2D eigenvalue weighted by Gasteiger charge is 2.25. The largest absolute Gasteiger partial charge is 0.387 e. The van der Waals surface area contributed by atoms with E-state index in [1.807, 2.05) is 13.8 Å². The van der Waals surface area contributed by atoms with E-state index in [0.717, 1.165) is 6.42 Å². The van der Waals surface area contributed by atoms with Crippen LogP contribution in [0.15, 0.2) is 30.9 Å². The molecule has 1 atom stereocenters. The quantitative estimate of drug-likeness (QED) is 0.254. The third kappa shape index (κ3) is 5.12. The number of pyridine rings is 1. The average molecular weight is 523 g/mol. The van der Waals surface area contributed by atoms with Crippen molar-refractivity contribution in [3.05, 3.63) is 47.9 Å². The second-order valence-electron chi connectivity index (χ2n) is 9.01. The lowest BCUT2D eigenvalue weighted by atomic mass is 10.0. The van der Waals surface area contributed by atoms with E-state index >= 15 is 0 Å². The van der Waals surface area contributed by atoms with Gasteiger partial charge in [0.25, 0.3) is 0 Å². The second kappa shape index (κ2) is 11.5. The highest BCUT2D eigenvalue weighted by molar-refractivity contribution is 6.00. The van der Waals surface area contributed by atoms with E-state index in [0.29, 0.717) is 54.1 Å². The molecule has 0 spiro atoms. The van der Waals surface area contributed by atoms with Crippen LogP contribution in [0, 0.1) is 5.82 Å². The number of hydrogen-bond donors (Lipinski definition) is 3. The lowest BCUT2D eigenvalue weighted by molar-refractivity contribution is -0.136. The van der Waals surface area contributed by atoms with Crippen LogP contribution >= 0.6 is 0 Å². The maximum Gasteiger partial charge on any atom is 0.248 e. The van der Waals surface area contributed by atoms with Crippen LogP contribution in [-0.2, 0) is 11.2 Å². The predicted octanol–water partition coefficient (Wildman–Crippen LogP) is 3.05. The van der Waals surface area contributed by atoms with Crippen LogP contribution in [0.4, 0.5) is 10.2 Å². The number of imidazole rings is 1. The molecule has 11 nitrogen and oxygen atoms in total. The molecule has 0 aromatic carbocycles. The zero-order chi connectivity index (χ0) is 27.4. The number of nitrogen functional groups attached to an aromatic ring is 1. The van der Waals surface area contributed by atoms with Gasteiger partial charge in [-0.15, -0.1) is 0 Å². The van der Waals surface area contributed by atoms with Crippen LogP contribution in [0.3, 0.4) is 0 Å². The number of amides is 1. The van der Waals surface area contributed by atoms with Gasteiger partial charge in [-0.3, -0.25) is 9.59 Å². The number of carbonyl (C=O) groups excluding carboxylic acids is 2. The molecule has 0 fully saturated rings. The number of fused-ring (bicyclic) bond motifs is 1. The molecule has 4 rings (SSSR count). The molecule has 12 heteroatoms. The molecule has 4 N–H and O–H groups in total. The SMILES string of the molecule is CCCN(C(=O)CO)[C@H](CC)CCc1nc2c(-c3cnc(-c4ncc[nH]4)c(F)c3)cnn2c(N)c1C(C)=O. The molecular formula is C26H31FN8O3. The molecule has 38 heavy (non-hydrogen) atoms. The first-order valence-corrected chi connectivity index (χ1v) is 12.5. The molecule has 200 valence electrons. The number of aliphatic hydroxyl groups is 1. The summed E-state index contributed by atoms with van der Waals surface area (Å²) in [5.74, 6) is -0.717. The smallest absolute Gasteiger partial charge is 0.248 e. The number of Topliss-reactive ketones (excluding diaryl/α,β-unsaturated/α-hetero) is 1. The number of aryl methyl sites for hydroxylation is 1. The number of nitrogens with one attached hydrogen (secondary N) is 1. The van der Waals surface area contributed by atoms with Gasteiger partial charge in [-0.2, -0.15) is 9.61 Å². The minimum atomic E-state index is -0.569. The second-order valence-corrected chi connectivity index (χ2v) is 9.01. The van der Waals surface area contributed by atoms with Crippen LogP contribution in [0.5, 0.6) is 0 Å². The lowest BCUT2D eigenvalue weighted by Crippen LogP contribution is -2.42. The third-order valence-electron chi connectivity index (χ3n) is 6.53. The fraction of sp³-hybridized carbons (Fsp3) is 0.385. The van der Waals surface area contributed by atoms with E-state index in [4.69, 9.17) is 10.7 Å². The summed E-state index contributed by atoms with van der Waals surface area (Å²) in [5, 5.41) is 13.7. The van der Waals surface area contributed by atoms with Crippen molar-refractivity contribution in [1.82, 2.24) is 34.4 Å². The van der Waals surface area contributed by atoms with Crippen molar-refractivity contribution in [1.29, 1.82) is 0 Å². The van der Waals surface area contributed by atoms with E-state index in [-0.39, 0.29) is 34.8 Å². The Hall–Kier alpha value is -4.19. The number of nitrogens with two attached hydrogens (primary N) is 1. The number of carbonyl (C=O) groups is 2. The van der Waals surface area contributed by atoms with Crippen molar-refractivity contribution in [2.45, 2.75) is 52.5 Å². The summed E-state index contributed by atoms with van der Waals surface area (Å²) in [4.78, 5) is 42.5. The number of ketones is 1. The van der Waals surface area contributed by atoms with Crippen molar-refractivity contribution in [2.24, 2.45) is 0 Å². The van der Waals surface area contributed by atoms with Gasteiger partial charge in [-0.1, -0.05) is 13.8 Å². The number of hydrogen-bond acceptors (Lipinski definition) is 8. The van der Waals surface area contributed by atoms with E-state index < -0.39 is 12.4 Å². The fourth-order valence-corrected chi connectivity index (χ4v) is 4.71. The Labute approximate surface area is 218 Å². The molecule has 0 aliphatic carbocycles. The summed E-state index contributed by atoms with van der Waals surface area (Å²) in [6, 6.07) is 1.18. The molecule has 0 bridgehead atoms. The van der Waals surface area contributed by atoms with Gasteiger partial charge in [0.15, 0.2) is 23.1 Å². The van der Waals surface area contributed by atoms with Crippen molar-refractivity contribution in [3.63, 3.8) is 0 Å². The molecule has 4 aromatic rings. The molecular weight excluding hydrogens is 491 g/mol. The van der Waals surface area contributed by atoms with Crippen LogP contribution < -0.4 is 5.73 Å². The predicted molar refractivity (Wildman–Crippen MR) is 140 cm³/mol. The summed E-state index contributed by atoms with van der Waals surface area (Å²) in [6.07, 6.45) is 8.41. The van der Waals surface area contributed by atoms with E-state index in [9.17, 15) is 19.1 Å². The third-order valence-corrected chi connectivity index (χ3v) is 6.53. The van der Waals surface area contributed by atoms with E-state index in [1.165, 1.54) is 36.1 Å². The van der Waals surface area contributed by atoms with Crippen molar-refractivity contribution in [3.8, 4) is 22.6 Å². The minimum Gasteiger partial charge on any atom is -0.387 e. The number of anilines is 1. The maximum atomic E-state index is 14.9. The first-order valence-electron chi connectivity index (χ1n) is 12.5. The monoisotopic (exact) mass is 522 g/mol. The molecule has 0 radical (unpaired) electrons. The molecule has 0 unspecified atom stereocenters. The van der Waals surface area contributed by atoms with Gasteiger partial charge in [0, 0.05) is 42.3 Å². The van der Waals surface area contributed by atoms with Crippen LogP contribution in [0.25, 0.3) is 28.3 Å². The number of aromatic amines is 1. The van der Waals surface area contributed by atoms with Gasteiger partial charge in [0.2, 0.25) is 5.91 Å². The zero-order valence-corrected chi connectivity index (χ0v) is 21.6. The Morgan fingerprint density at radius 1 is 1.26 bits per heavy atom. The summed E-state index contributed by atoms with van der Waals surface area (Å²) in [7, 11) is 0. The van der Waals surface area contributed by atoms with Crippen molar-refractivity contribution in [2.75, 3.05) is 18.9 Å². The van der Waals surface area contributed by atoms with Gasteiger partial charge in [-0.25, -0.2) is 19.3 Å². The van der Waals surface area contributed by atoms with Crippen LogP contribution in [0.1, 0.15) is 56.1 Å². The fourth-order valence-electron chi connectivity index (χ4n) is 4.71. The molecule has 1 amide bonds. The van der Waals surface area contributed by atoms with E-state index in [1.54, 1.807) is 11.1 Å². The number of H-pyrrole nitrogens is 1. The Bertz CT molecular complexity index is 1450. The summed E-state index contributed by atoms with van der Waals surface area (Å²) in [5.41, 5.74) is 8.50. The highest BCUT2D eigenvalue weighted by atomic mass is 19.1. The highest BCUT2D eigenvalue weighted by Crippen LogP contribution is 2.30. The van der Waals surface area contributed by atoms with Crippen molar-refractivity contribution >= 4 is 23.2 Å². The average Bonchev–Trinajstić information content (AvgIpc) is 3.58. The zero-order valence-electron chi connectivity index (χ0n) is 21.6. The number of rotatable bonds is 11. The van der Waals surface area contributed by atoms with Gasteiger partial charge in [-0.05, 0) is 38.7 Å². The topological polar surface area (TPSA) is 155 Å². The van der Waals surface area contributed by atoms with Crippen LogP contribution in [0.2, 0.25) is 0 Å². The summed E-state index contributed by atoms with van der Waals surface area (Å²) < 4.78 is 16.3. The van der Waals surface area contributed by atoms with Gasteiger partial charge < -0.3 is 20.7 Å². The number of nitrogens with zero attached hydrogens (tertiary/aromatic N) is 6. The minimum absolute atomic E-state index is 0.0851. The van der Waals surface area contributed by atoms with Crippen LogP contribution in [-0.4, -0.2) is 70.4 Å². The van der Waals surface area contributed by atoms with E-state index in [2.05, 4.69) is 20.1 Å². The number of aromatic nitrogens is 6. The Balaban J connectivity index is 1.73. The van der Waals surface area contributed by atoms with Gasteiger partial charge in [0.1, 0.15) is 18.1 Å². The first kappa shape index (κ1) is 26.9. The molecule has 0 saturated heterocycles. The molecule has 0 saturated carbocycles.